The average molecular weight is 275 g/mol. The van der Waals surface area contributed by atoms with E-state index in [0.29, 0.717) is 29.5 Å². The van der Waals surface area contributed by atoms with E-state index in [4.69, 9.17) is 10.00 Å². The molecule has 1 amide bonds. The van der Waals surface area contributed by atoms with Gasteiger partial charge < -0.3 is 15.4 Å². The Bertz CT molecular complexity index is 492. The molecule has 1 aromatic rings. The highest BCUT2D eigenvalue weighted by Crippen LogP contribution is 2.24. The van der Waals surface area contributed by atoms with Crippen molar-refractivity contribution in [2.75, 3.05) is 25.5 Å². The number of carbonyl (C=O) groups is 1. The zero-order chi connectivity index (χ0) is 15.0. The number of hydrogen-bond acceptors (Lipinski definition) is 4. The van der Waals surface area contributed by atoms with E-state index in [1.54, 1.807) is 18.2 Å². The summed E-state index contributed by atoms with van der Waals surface area (Å²) >= 11 is 0. The Balaban J connectivity index is 2.49. The van der Waals surface area contributed by atoms with Crippen LogP contribution in [0, 0.1) is 17.2 Å². The summed E-state index contributed by atoms with van der Waals surface area (Å²) in [7, 11) is 1.53. The van der Waals surface area contributed by atoms with E-state index in [2.05, 4.69) is 24.5 Å². The Morgan fingerprint density at radius 3 is 2.80 bits per heavy atom. The van der Waals surface area contributed by atoms with Crippen LogP contribution in [0.25, 0.3) is 0 Å². The number of nitriles is 1. The summed E-state index contributed by atoms with van der Waals surface area (Å²) in [4.78, 5) is 11.7. The van der Waals surface area contributed by atoms with Crippen molar-refractivity contribution in [1.82, 2.24) is 5.32 Å². The fraction of sp³-hybridized carbons (Fsp3) is 0.467. The molecular formula is C15H21N3O2. The van der Waals surface area contributed by atoms with Gasteiger partial charge in [-0.3, -0.25) is 4.79 Å². The minimum atomic E-state index is -0.0583. The number of ether oxygens (including phenoxy) is 1. The largest absolute Gasteiger partial charge is 0.495 e. The van der Waals surface area contributed by atoms with E-state index < -0.39 is 0 Å². The lowest BCUT2D eigenvalue weighted by Gasteiger charge is -2.12. The Kier molecular flexibility index (Phi) is 6.38. The second kappa shape index (κ2) is 8.05. The van der Waals surface area contributed by atoms with E-state index in [0.717, 1.165) is 6.42 Å². The first-order valence-electron chi connectivity index (χ1n) is 6.65. The molecule has 0 aromatic heterocycles. The fourth-order valence-electron chi connectivity index (χ4n) is 1.65. The fourth-order valence-corrected chi connectivity index (χ4v) is 1.65. The first kappa shape index (κ1) is 15.8. The molecule has 0 radical (unpaired) electrons. The van der Waals surface area contributed by atoms with Gasteiger partial charge in [-0.15, -0.1) is 0 Å². The highest BCUT2D eigenvalue weighted by atomic mass is 16.5. The molecule has 0 heterocycles. The first-order valence-corrected chi connectivity index (χ1v) is 6.65. The number of hydrogen-bond donors (Lipinski definition) is 2. The molecule has 0 bridgehead atoms. The van der Waals surface area contributed by atoms with Crippen LogP contribution in [0.15, 0.2) is 18.2 Å². The van der Waals surface area contributed by atoms with Crippen molar-refractivity contribution in [2.45, 2.75) is 20.3 Å². The molecule has 0 saturated heterocycles. The van der Waals surface area contributed by atoms with Crippen LogP contribution < -0.4 is 15.4 Å². The molecule has 5 heteroatoms. The number of carbonyl (C=O) groups excluding carboxylic acids is 1. The molecule has 0 saturated carbocycles. The number of rotatable bonds is 7. The third-order valence-corrected chi connectivity index (χ3v) is 2.81. The van der Waals surface area contributed by atoms with Crippen LogP contribution in [0.3, 0.4) is 0 Å². The molecule has 0 aliphatic carbocycles. The maximum Gasteiger partial charge on any atom is 0.239 e. The van der Waals surface area contributed by atoms with Gasteiger partial charge in [0.1, 0.15) is 5.75 Å². The summed E-state index contributed by atoms with van der Waals surface area (Å²) in [6.45, 7) is 5.10. The van der Waals surface area contributed by atoms with E-state index in [1.807, 2.05) is 6.07 Å². The Hall–Kier alpha value is -2.22. The lowest BCUT2D eigenvalue weighted by Crippen LogP contribution is -2.31. The van der Waals surface area contributed by atoms with Gasteiger partial charge in [0.2, 0.25) is 5.91 Å². The lowest BCUT2D eigenvalue weighted by molar-refractivity contribution is -0.119. The second-order valence-corrected chi connectivity index (χ2v) is 4.91. The van der Waals surface area contributed by atoms with Gasteiger partial charge in [0.15, 0.2) is 0 Å². The summed E-state index contributed by atoms with van der Waals surface area (Å²) in [6, 6.07) is 7.10. The van der Waals surface area contributed by atoms with Crippen molar-refractivity contribution in [3.8, 4) is 11.8 Å². The van der Waals surface area contributed by atoms with Crippen LogP contribution in [0.1, 0.15) is 25.8 Å². The summed E-state index contributed by atoms with van der Waals surface area (Å²) in [5.41, 5.74) is 1.22. The standard InChI is InChI=1S/C15H21N3O2/c1-11(2)6-7-17-15(19)10-18-13-5-4-12(9-16)8-14(13)20-3/h4-5,8,11,18H,6-7,10H2,1-3H3,(H,17,19). The Labute approximate surface area is 119 Å². The molecule has 5 nitrogen and oxygen atoms in total. The van der Waals surface area contributed by atoms with Crippen LogP contribution in [-0.4, -0.2) is 26.1 Å². The van der Waals surface area contributed by atoms with E-state index in [1.165, 1.54) is 7.11 Å². The number of nitrogens with one attached hydrogen (secondary N) is 2. The molecule has 0 aliphatic heterocycles. The van der Waals surface area contributed by atoms with Crippen molar-refractivity contribution in [3.63, 3.8) is 0 Å². The zero-order valence-electron chi connectivity index (χ0n) is 12.2. The van der Waals surface area contributed by atoms with E-state index in [-0.39, 0.29) is 12.5 Å². The second-order valence-electron chi connectivity index (χ2n) is 4.91. The van der Waals surface area contributed by atoms with Crippen LogP contribution >= 0.6 is 0 Å². The van der Waals surface area contributed by atoms with Crippen LogP contribution in [0.5, 0.6) is 5.75 Å². The summed E-state index contributed by atoms with van der Waals surface area (Å²) < 4.78 is 5.19. The minimum absolute atomic E-state index is 0.0583. The van der Waals surface area contributed by atoms with Crippen LogP contribution in [0.4, 0.5) is 5.69 Å². The molecule has 2 N–H and O–H groups in total. The molecule has 0 spiro atoms. The smallest absolute Gasteiger partial charge is 0.239 e. The Morgan fingerprint density at radius 1 is 1.45 bits per heavy atom. The quantitative estimate of drug-likeness (QED) is 0.799. The molecule has 0 atom stereocenters. The van der Waals surface area contributed by atoms with Crippen molar-refractivity contribution in [1.29, 1.82) is 5.26 Å². The van der Waals surface area contributed by atoms with Gasteiger partial charge in [-0.05, 0) is 24.5 Å². The number of benzene rings is 1. The molecule has 20 heavy (non-hydrogen) atoms. The summed E-state index contributed by atoms with van der Waals surface area (Å²) in [5.74, 6) is 1.07. The lowest BCUT2D eigenvalue weighted by atomic mass is 10.1. The molecule has 1 rings (SSSR count). The molecular weight excluding hydrogens is 254 g/mol. The maximum atomic E-state index is 11.7. The average Bonchev–Trinajstić information content (AvgIpc) is 2.44. The topological polar surface area (TPSA) is 74.1 Å². The predicted octanol–water partition coefficient (Wildman–Crippen LogP) is 2.14. The van der Waals surface area contributed by atoms with Gasteiger partial charge >= 0.3 is 0 Å². The van der Waals surface area contributed by atoms with E-state index in [9.17, 15) is 4.79 Å². The zero-order valence-corrected chi connectivity index (χ0v) is 12.2. The summed E-state index contributed by atoms with van der Waals surface area (Å²) in [6.07, 6.45) is 0.964. The van der Waals surface area contributed by atoms with Crippen molar-refractivity contribution in [2.24, 2.45) is 5.92 Å². The van der Waals surface area contributed by atoms with Crippen LogP contribution in [-0.2, 0) is 4.79 Å². The van der Waals surface area contributed by atoms with Crippen molar-refractivity contribution >= 4 is 11.6 Å². The van der Waals surface area contributed by atoms with Crippen molar-refractivity contribution < 1.29 is 9.53 Å². The highest BCUT2D eigenvalue weighted by molar-refractivity contribution is 5.81. The van der Waals surface area contributed by atoms with E-state index >= 15 is 0 Å². The first-order chi connectivity index (χ1) is 9.56. The normalized spacial score (nSPS) is 9.95. The third-order valence-electron chi connectivity index (χ3n) is 2.81. The molecule has 108 valence electrons. The number of amides is 1. The predicted molar refractivity (Wildman–Crippen MR) is 78.7 cm³/mol. The van der Waals surface area contributed by atoms with Gasteiger partial charge in [0.05, 0.1) is 31.0 Å². The molecule has 0 unspecified atom stereocenters. The monoisotopic (exact) mass is 275 g/mol. The summed E-state index contributed by atoms with van der Waals surface area (Å²) in [5, 5.41) is 14.7. The molecule has 0 fully saturated rings. The molecule has 1 aromatic carbocycles. The minimum Gasteiger partial charge on any atom is -0.495 e. The van der Waals surface area contributed by atoms with Gasteiger partial charge in [-0.25, -0.2) is 0 Å². The van der Waals surface area contributed by atoms with Gasteiger partial charge in [-0.1, -0.05) is 13.8 Å². The third kappa shape index (κ3) is 5.19. The number of anilines is 1. The SMILES string of the molecule is COc1cc(C#N)ccc1NCC(=O)NCCC(C)C. The van der Waals surface area contributed by atoms with Gasteiger partial charge in [0, 0.05) is 12.6 Å². The van der Waals surface area contributed by atoms with Gasteiger partial charge in [0.25, 0.3) is 0 Å². The Morgan fingerprint density at radius 2 is 2.20 bits per heavy atom. The molecule has 0 aliphatic rings. The number of nitrogens with zero attached hydrogens (tertiary/aromatic N) is 1. The maximum absolute atomic E-state index is 11.7. The van der Waals surface area contributed by atoms with Crippen molar-refractivity contribution in [3.05, 3.63) is 23.8 Å². The van der Waals surface area contributed by atoms with Crippen LogP contribution in [0.2, 0.25) is 0 Å². The van der Waals surface area contributed by atoms with Gasteiger partial charge in [-0.2, -0.15) is 5.26 Å². The number of methoxy groups -OCH3 is 1. The highest BCUT2D eigenvalue weighted by Gasteiger charge is 2.06.